The zero-order chi connectivity index (χ0) is 16.8. The van der Waals surface area contributed by atoms with E-state index in [1.807, 2.05) is 32.0 Å². The Labute approximate surface area is 139 Å². The summed E-state index contributed by atoms with van der Waals surface area (Å²) in [6.45, 7) is 3.61. The van der Waals surface area contributed by atoms with Gasteiger partial charge in [-0.25, -0.2) is 0 Å². The third-order valence-electron chi connectivity index (χ3n) is 3.16. The van der Waals surface area contributed by atoms with Gasteiger partial charge in [0.25, 0.3) is 11.8 Å². The normalized spacial score (nSPS) is 10.0. The number of hydrogen-bond acceptors (Lipinski definition) is 3. The fourth-order valence-corrected chi connectivity index (χ4v) is 2.22. The number of hydrazine groups is 1. The highest BCUT2D eigenvalue weighted by atomic mass is 35.5. The number of carbonyl (C=O) groups excluding carboxylic acids is 2. The van der Waals surface area contributed by atoms with Gasteiger partial charge in [-0.15, -0.1) is 0 Å². The van der Waals surface area contributed by atoms with Gasteiger partial charge in [0.05, 0.1) is 0 Å². The van der Waals surface area contributed by atoms with Crippen molar-refractivity contribution in [1.29, 1.82) is 0 Å². The Kier molecular flexibility index (Phi) is 5.60. The number of aryl methyl sites for hydroxylation is 2. The van der Waals surface area contributed by atoms with Crippen molar-refractivity contribution in [3.05, 3.63) is 64.2 Å². The molecule has 0 fully saturated rings. The molecule has 0 aliphatic carbocycles. The van der Waals surface area contributed by atoms with Crippen molar-refractivity contribution < 1.29 is 14.3 Å². The molecule has 0 aromatic heterocycles. The molecule has 0 atom stereocenters. The maximum absolute atomic E-state index is 11.9. The summed E-state index contributed by atoms with van der Waals surface area (Å²) in [5.41, 5.74) is 6.86. The van der Waals surface area contributed by atoms with Crippen molar-refractivity contribution in [2.75, 3.05) is 6.61 Å². The Morgan fingerprint density at radius 2 is 1.70 bits per heavy atom. The molecule has 0 radical (unpaired) electrons. The van der Waals surface area contributed by atoms with E-state index >= 15 is 0 Å². The molecule has 2 aromatic rings. The van der Waals surface area contributed by atoms with Crippen LogP contribution in [0.2, 0.25) is 5.02 Å². The van der Waals surface area contributed by atoms with Crippen LogP contribution >= 0.6 is 11.6 Å². The van der Waals surface area contributed by atoms with E-state index in [-0.39, 0.29) is 6.61 Å². The van der Waals surface area contributed by atoms with Crippen molar-refractivity contribution in [2.24, 2.45) is 0 Å². The number of benzene rings is 2. The first kappa shape index (κ1) is 16.8. The van der Waals surface area contributed by atoms with Crippen LogP contribution in [-0.4, -0.2) is 18.4 Å². The topological polar surface area (TPSA) is 67.4 Å². The number of amides is 2. The van der Waals surface area contributed by atoms with Gasteiger partial charge < -0.3 is 4.74 Å². The van der Waals surface area contributed by atoms with Gasteiger partial charge in [-0.2, -0.15) is 0 Å². The summed E-state index contributed by atoms with van der Waals surface area (Å²) < 4.78 is 5.50. The standard InChI is InChI=1S/C17H17ClN2O3/c1-11-5-3-6-12(2)16(11)23-10-15(21)19-20-17(22)13-7-4-8-14(18)9-13/h3-9H,10H2,1-2H3,(H,19,21)(H,20,22). The quantitative estimate of drug-likeness (QED) is 0.846. The lowest BCUT2D eigenvalue weighted by Gasteiger charge is -2.12. The molecule has 120 valence electrons. The predicted octanol–water partition coefficient (Wildman–Crippen LogP) is 2.80. The summed E-state index contributed by atoms with van der Waals surface area (Å²) in [7, 11) is 0. The minimum atomic E-state index is -0.456. The van der Waals surface area contributed by atoms with Crippen LogP contribution in [0.4, 0.5) is 0 Å². The maximum Gasteiger partial charge on any atom is 0.276 e. The Hall–Kier alpha value is -2.53. The highest BCUT2D eigenvalue weighted by Crippen LogP contribution is 2.21. The first-order valence-corrected chi connectivity index (χ1v) is 7.39. The van der Waals surface area contributed by atoms with E-state index in [4.69, 9.17) is 16.3 Å². The Balaban J connectivity index is 1.85. The van der Waals surface area contributed by atoms with E-state index in [0.29, 0.717) is 16.3 Å². The van der Waals surface area contributed by atoms with E-state index in [1.54, 1.807) is 18.2 Å². The maximum atomic E-state index is 11.9. The summed E-state index contributed by atoms with van der Waals surface area (Å²) in [5, 5.41) is 0.447. The number of ether oxygens (including phenoxy) is 1. The van der Waals surface area contributed by atoms with E-state index in [1.165, 1.54) is 6.07 Å². The molecule has 2 N–H and O–H groups in total. The highest BCUT2D eigenvalue weighted by molar-refractivity contribution is 6.30. The van der Waals surface area contributed by atoms with Crippen molar-refractivity contribution in [1.82, 2.24) is 10.9 Å². The molecule has 0 saturated carbocycles. The average molecular weight is 333 g/mol. The largest absolute Gasteiger partial charge is 0.483 e. The molecule has 6 heteroatoms. The first-order chi connectivity index (χ1) is 11.0. The molecule has 0 spiro atoms. The smallest absolute Gasteiger partial charge is 0.276 e. The van der Waals surface area contributed by atoms with E-state index in [9.17, 15) is 9.59 Å². The van der Waals surface area contributed by atoms with Gasteiger partial charge in [-0.1, -0.05) is 35.9 Å². The van der Waals surface area contributed by atoms with E-state index < -0.39 is 11.8 Å². The summed E-state index contributed by atoms with van der Waals surface area (Å²) >= 11 is 5.81. The number of nitrogens with one attached hydrogen (secondary N) is 2. The van der Waals surface area contributed by atoms with Crippen molar-refractivity contribution in [3.8, 4) is 5.75 Å². The van der Waals surface area contributed by atoms with Crippen molar-refractivity contribution in [2.45, 2.75) is 13.8 Å². The molecule has 0 aliphatic heterocycles. The Bertz CT molecular complexity index is 711. The number of rotatable bonds is 4. The second-order valence-corrected chi connectivity index (χ2v) is 5.46. The SMILES string of the molecule is Cc1cccc(C)c1OCC(=O)NNC(=O)c1cccc(Cl)c1. The molecular formula is C17H17ClN2O3. The van der Waals surface area contributed by atoms with Gasteiger partial charge in [0, 0.05) is 10.6 Å². The summed E-state index contributed by atoms with van der Waals surface area (Å²) in [4.78, 5) is 23.6. The molecule has 0 heterocycles. The highest BCUT2D eigenvalue weighted by Gasteiger charge is 2.10. The van der Waals surface area contributed by atoms with Crippen LogP contribution in [0.5, 0.6) is 5.75 Å². The van der Waals surface area contributed by atoms with E-state index in [2.05, 4.69) is 10.9 Å². The zero-order valence-corrected chi connectivity index (χ0v) is 13.6. The zero-order valence-electron chi connectivity index (χ0n) is 12.9. The van der Waals surface area contributed by atoms with Crippen LogP contribution < -0.4 is 15.6 Å². The van der Waals surface area contributed by atoms with Gasteiger partial charge in [-0.05, 0) is 43.2 Å². The minimum absolute atomic E-state index is 0.193. The molecule has 2 aromatic carbocycles. The minimum Gasteiger partial charge on any atom is -0.483 e. The molecule has 0 aliphatic rings. The van der Waals surface area contributed by atoms with Crippen molar-refractivity contribution in [3.63, 3.8) is 0 Å². The second kappa shape index (κ2) is 7.65. The number of hydrogen-bond donors (Lipinski definition) is 2. The van der Waals surface area contributed by atoms with Crippen LogP contribution in [0.15, 0.2) is 42.5 Å². The summed E-state index contributed by atoms with van der Waals surface area (Å²) in [5.74, 6) is -0.236. The number of carbonyl (C=O) groups is 2. The third-order valence-corrected chi connectivity index (χ3v) is 3.39. The lowest BCUT2D eigenvalue weighted by Crippen LogP contribution is -2.43. The van der Waals surface area contributed by atoms with Crippen LogP contribution in [0, 0.1) is 13.8 Å². The first-order valence-electron chi connectivity index (χ1n) is 7.01. The lowest BCUT2D eigenvalue weighted by molar-refractivity contribution is -0.123. The van der Waals surface area contributed by atoms with Crippen molar-refractivity contribution >= 4 is 23.4 Å². The van der Waals surface area contributed by atoms with Gasteiger partial charge >= 0.3 is 0 Å². The van der Waals surface area contributed by atoms with Crippen LogP contribution in [0.1, 0.15) is 21.5 Å². The second-order valence-electron chi connectivity index (χ2n) is 5.02. The van der Waals surface area contributed by atoms with Crippen LogP contribution in [0.25, 0.3) is 0 Å². The van der Waals surface area contributed by atoms with Gasteiger partial charge in [0.1, 0.15) is 5.75 Å². The Morgan fingerprint density at radius 3 is 2.35 bits per heavy atom. The molecule has 2 amide bonds. The molecule has 0 unspecified atom stereocenters. The molecule has 23 heavy (non-hydrogen) atoms. The summed E-state index contributed by atoms with van der Waals surface area (Å²) in [6, 6.07) is 12.2. The summed E-state index contributed by atoms with van der Waals surface area (Å²) in [6.07, 6.45) is 0. The Morgan fingerprint density at radius 1 is 1.04 bits per heavy atom. The molecule has 2 rings (SSSR count). The molecular weight excluding hydrogens is 316 g/mol. The fraction of sp³-hybridized carbons (Fsp3) is 0.176. The number of para-hydroxylation sites is 1. The monoisotopic (exact) mass is 332 g/mol. The van der Waals surface area contributed by atoms with Gasteiger partial charge in [0.2, 0.25) is 0 Å². The van der Waals surface area contributed by atoms with Gasteiger partial charge in [0.15, 0.2) is 6.61 Å². The average Bonchev–Trinajstić information content (AvgIpc) is 2.52. The van der Waals surface area contributed by atoms with E-state index in [0.717, 1.165) is 11.1 Å². The van der Waals surface area contributed by atoms with Gasteiger partial charge in [-0.3, -0.25) is 20.4 Å². The van der Waals surface area contributed by atoms with Crippen LogP contribution in [-0.2, 0) is 4.79 Å². The number of halogens is 1. The molecule has 0 bridgehead atoms. The lowest BCUT2D eigenvalue weighted by atomic mass is 10.1. The molecule has 0 saturated heterocycles. The predicted molar refractivity (Wildman–Crippen MR) is 88.5 cm³/mol. The van der Waals surface area contributed by atoms with Crippen LogP contribution in [0.3, 0.4) is 0 Å². The fourth-order valence-electron chi connectivity index (χ4n) is 2.03. The molecule has 5 nitrogen and oxygen atoms in total. The third kappa shape index (κ3) is 4.72.